The maximum Gasteiger partial charge on any atom is 0.224 e. The molecular weight excluding hydrogens is 290 g/mol. The summed E-state index contributed by atoms with van der Waals surface area (Å²) in [4.78, 5) is 12.1. The van der Waals surface area contributed by atoms with Crippen LogP contribution in [0, 0.1) is 6.92 Å². The SMILES string of the molecule is COc1ccc(CC(=O)N[C@@H](C)COc2ccccc2)cc1C. The van der Waals surface area contributed by atoms with Gasteiger partial charge in [0.05, 0.1) is 19.6 Å². The summed E-state index contributed by atoms with van der Waals surface area (Å²) in [6.45, 7) is 4.34. The van der Waals surface area contributed by atoms with Crippen LogP contribution in [0.25, 0.3) is 0 Å². The summed E-state index contributed by atoms with van der Waals surface area (Å²) < 4.78 is 10.9. The van der Waals surface area contributed by atoms with Crippen LogP contribution < -0.4 is 14.8 Å². The molecule has 0 aliphatic rings. The molecule has 0 radical (unpaired) electrons. The zero-order valence-corrected chi connectivity index (χ0v) is 13.8. The van der Waals surface area contributed by atoms with Crippen LogP contribution in [0.4, 0.5) is 0 Å². The standard InChI is InChI=1S/C19H23NO3/c1-14-11-16(9-10-18(14)22-3)12-19(21)20-15(2)13-23-17-7-5-4-6-8-17/h4-11,15H,12-13H2,1-3H3,(H,20,21)/t15-/m0/s1. The Morgan fingerprint density at radius 1 is 1.17 bits per heavy atom. The van der Waals surface area contributed by atoms with Gasteiger partial charge in [-0.2, -0.15) is 0 Å². The first-order chi connectivity index (χ1) is 11.1. The molecule has 0 aliphatic carbocycles. The van der Waals surface area contributed by atoms with Gasteiger partial charge >= 0.3 is 0 Å². The summed E-state index contributed by atoms with van der Waals surface area (Å²) in [6, 6.07) is 15.3. The van der Waals surface area contributed by atoms with Crippen molar-refractivity contribution in [1.29, 1.82) is 0 Å². The molecule has 1 amide bonds. The molecule has 0 spiro atoms. The van der Waals surface area contributed by atoms with Gasteiger partial charge in [0.15, 0.2) is 0 Å². The third kappa shape index (κ3) is 5.33. The molecule has 23 heavy (non-hydrogen) atoms. The highest BCUT2D eigenvalue weighted by molar-refractivity contribution is 5.79. The van der Waals surface area contributed by atoms with Crippen molar-refractivity contribution in [3.8, 4) is 11.5 Å². The van der Waals surface area contributed by atoms with Crippen LogP contribution in [-0.2, 0) is 11.2 Å². The van der Waals surface area contributed by atoms with Gasteiger partial charge in [0.1, 0.15) is 18.1 Å². The van der Waals surface area contributed by atoms with Crippen molar-refractivity contribution in [3.63, 3.8) is 0 Å². The molecule has 0 bridgehead atoms. The van der Waals surface area contributed by atoms with Crippen molar-refractivity contribution in [3.05, 3.63) is 59.7 Å². The first-order valence-corrected chi connectivity index (χ1v) is 7.69. The zero-order valence-electron chi connectivity index (χ0n) is 13.8. The second-order valence-corrected chi connectivity index (χ2v) is 5.57. The van der Waals surface area contributed by atoms with Crippen LogP contribution in [-0.4, -0.2) is 25.7 Å². The average molecular weight is 313 g/mol. The number of methoxy groups -OCH3 is 1. The molecule has 0 heterocycles. The van der Waals surface area contributed by atoms with Gasteiger partial charge in [-0.25, -0.2) is 0 Å². The summed E-state index contributed by atoms with van der Waals surface area (Å²) in [6.07, 6.45) is 0.348. The van der Waals surface area contributed by atoms with Crippen LogP contribution in [0.15, 0.2) is 48.5 Å². The van der Waals surface area contributed by atoms with Crippen LogP contribution >= 0.6 is 0 Å². The largest absolute Gasteiger partial charge is 0.496 e. The third-order valence-electron chi connectivity index (χ3n) is 3.47. The van der Waals surface area contributed by atoms with Crippen molar-refractivity contribution in [2.75, 3.05) is 13.7 Å². The predicted octanol–water partition coefficient (Wildman–Crippen LogP) is 3.13. The van der Waals surface area contributed by atoms with Gasteiger partial charge < -0.3 is 14.8 Å². The van der Waals surface area contributed by atoms with E-state index >= 15 is 0 Å². The van der Waals surface area contributed by atoms with Gasteiger partial charge in [0, 0.05) is 0 Å². The molecular formula is C19H23NO3. The van der Waals surface area contributed by atoms with Gasteiger partial charge in [0.2, 0.25) is 5.91 Å². The highest BCUT2D eigenvalue weighted by Crippen LogP contribution is 2.18. The van der Waals surface area contributed by atoms with E-state index in [1.807, 2.05) is 62.4 Å². The molecule has 0 fully saturated rings. The average Bonchev–Trinajstić information content (AvgIpc) is 2.54. The summed E-state index contributed by atoms with van der Waals surface area (Å²) in [5, 5.41) is 2.95. The van der Waals surface area contributed by atoms with Gasteiger partial charge in [-0.15, -0.1) is 0 Å². The number of hydrogen-bond acceptors (Lipinski definition) is 3. The highest BCUT2D eigenvalue weighted by Gasteiger charge is 2.10. The minimum atomic E-state index is -0.0537. The fraction of sp³-hybridized carbons (Fsp3) is 0.316. The fourth-order valence-corrected chi connectivity index (χ4v) is 2.34. The van der Waals surface area contributed by atoms with E-state index in [-0.39, 0.29) is 11.9 Å². The normalized spacial score (nSPS) is 11.6. The Morgan fingerprint density at radius 2 is 1.91 bits per heavy atom. The molecule has 0 aliphatic heterocycles. The number of benzene rings is 2. The second-order valence-electron chi connectivity index (χ2n) is 5.57. The molecule has 0 saturated heterocycles. The lowest BCUT2D eigenvalue weighted by Gasteiger charge is -2.15. The Morgan fingerprint density at radius 3 is 2.57 bits per heavy atom. The lowest BCUT2D eigenvalue weighted by molar-refractivity contribution is -0.121. The Hall–Kier alpha value is -2.49. The lowest BCUT2D eigenvalue weighted by atomic mass is 10.1. The fourth-order valence-electron chi connectivity index (χ4n) is 2.34. The molecule has 0 aromatic heterocycles. The van der Waals surface area contributed by atoms with E-state index < -0.39 is 0 Å². The van der Waals surface area contributed by atoms with Gasteiger partial charge in [-0.05, 0) is 43.2 Å². The van der Waals surface area contributed by atoms with Gasteiger partial charge in [-0.1, -0.05) is 30.3 Å². The molecule has 4 nitrogen and oxygen atoms in total. The summed E-state index contributed by atoms with van der Waals surface area (Å²) in [7, 11) is 1.64. The maximum atomic E-state index is 12.1. The molecule has 2 aromatic carbocycles. The van der Waals surface area contributed by atoms with E-state index in [0.29, 0.717) is 13.0 Å². The molecule has 0 unspecified atom stereocenters. The Kier molecular flexibility index (Phi) is 6.03. The van der Waals surface area contributed by atoms with Crippen molar-refractivity contribution in [2.45, 2.75) is 26.3 Å². The number of carbonyl (C=O) groups is 1. The Labute approximate surface area is 137 Å². The number of carbonyl (C=O) groups excluding carboxylic acids is 1. The molecule has 1 atom stereocenters. The molecule has 2 rings (SSSR count). The first kappa shape index (κ1) is 16.9. The number of hydrogen-bond donors (Lipinski definition) is 1. The van der Waals surface area contributed by atoms with Crippen LogP contribution in [0.1, 0.15) is 18.1 Å². The van der Waals surface area contributed by atoms with Crippen LogP contribution in [0.5, 0.6) is 11.5 Å². The van der Waals surface area contributed by atoms with E-state index in [2.05, 4.69) is 5.32 Å². The summed E-state index contributed by atoms with van der Waals surface area (Å²) in [5.41, 5.74) is 2.00. The molecule has 4 heteroatoms. The van der Waals surface area contributed by atoms with E-state index in [4.69, 9.17) is 9.47 Å². The number of para-hydroxylation sites is 1. The molecule has 2 aromatic rings. The van der Waals surface area contributed by atoms with E-state index in [0.717, 1.165) is 22.6 Å². The van der Waals surface area contributed by atoms with E-state index in [9.17, 15) is 4.79 Å². The molecule has 122 valence electrons. The van der Waals surface area contributed by atoms with Gasteiger partial charge in [-0.3, -0.25) is 4.79 Å². The van der Waals surface area contributed by atoms with Crippen molar-refractivity contribution >= 4 is 5.91 Å². The van der Waals surface area contributed by atoms with E-state index in [1.54, 1.807) is 7.11 Å². The van der Waals surface area contributed by atoms with Crippen molar-refractivity contribution in [1.82, 2.24) is 5.32 Å². The topological polar surface area (TPSA) is 47.6 Å². The summed E-state index contributed by atoms with van der Waals surface area (Å²) in [5.74, 6) is 1.62. The molecule has 1 N–H and O–H groups in total. The number of nitrogens with one attached hydrogen (secondary N) is 1. The quantitative estimate of drug-likeness (QED) is 0.854. The van der Waals surface area contributed by atoms with Crippen molar-refractivity contribution < 1.29 is 14.3 Å². The smallest absolute Gasteiger partial charge is 0.224 e. The van der Waals surface area contributed by atoms with Crippen LogP contribution in [0.2, 0.25) is 0 Å². The second kappa shape index (κ2) is 8.22. The minimum Gasteiger partial charge on any atom is -0.496 e. The zero-order chi connectivity index (χ0) is 16.7. The number of amides is 1. The third-order valence-corrected chi connectivity index (χ3v) is 3.47. The monoisotopic (exact) mass is 313 g/mol. The Balaban J connectivity index is 1.80. The van der Waals surface area contributed by atoms with E-state index in [1.165, 1.54) is 0 Å². The maximum absolute atomic E-state index is 12.1. The predicted molar refractivity (Wildman–Crippen MR) is 91.0 cm³/mol. The van der Waals surface area contributed by atoms with Gasteiger partial charge in [0.25, 0.3) is 0 Å². The lowest BCUT2D eigenvalue weighted by Crippen LogP contribution is -2.37. The number of aryl methyl sites for hydroxylation is 1. The highest BCUT2D eigenvalue weighted by atomic mass is 16.5. The summed E-state index contributed by atoms with van der Waals surface area (Å²) >= 11 is 0. The number of rotatable bonds is 7. The number of ether oxygens (including phenoxy) is 2. The Bertz CT molecular complexity index is 640. The molecule has 0 saturated carbocycles. The van der Waals surface area contributed by atoms with Crippen LogP contribution in [0.3, 0.4) is 0 Å². The van der Waals surface area contributed by atoms with Crippen molar-refractivity contribution in [2.24, 2.45) is 0 Å². The minimum absolute atomic E-state index is 0.0151. The first-order valence-electron chi connectivity index (χ1n) is 7.69.